The highest BCUT2D eigenvalue weighted by atomic mass is 19.1. The van der Waals surface area contributed by atoms with Gasteiger partial charge in [0, 0.05) is 36.1 Å². The molecule has 3 aromatic rings. The fourth-order valence-corrected chi connectivity index (χ4v) is 4.01. The molecule has 0 atom stereocenters. The highest BCUT2D eigenvalue weighted by Gasteiger charge is 2.21. The molecule has 2 heterocycles. The summed E-state index contributed by atoms with van der Waals surface area (Å²) in [7, 11) is 1.63. The van der Waals surface area contributed by atoms with Gasteiger partial charge in [-0.25, -0.2) is 4.39 Å². The Balaban J connectivity index is 1.85. The molecular weight excluding hydrogens is 405 g/mol. The van der Waals surface area contributed by atoms with Crippen LogP contribution in [0.4, 0.5) is 15.8 Å². The summed E-state index contributed by atoms with van der Waals surface area (Å²) in [5, 5.41) is 21.7. The number of benzene rings is 2. The van der Waals surface area contributed by atoms with Gasteiger partial charge in [0.05, 0.1) is 24.0 Å². The van der Waals surface area contributed by atoms with Gasteiger partial charge in [0.25, 0.3) is 0 Å². The second-order valence-corrected chi connectivity index (χ2v) is 8.28. The zero-order valence-electron chi connectivity index (χ0n) is 18.7. The van der Waals surface area contributed by atoms with Gasteiger partial charge in [0.15, 0.2) is 5.69 Å². The first kappa shape index (κ1) is 21.7. The molecule has 4 rings (SSSR count). The zero-order valence-corrected chi connectivity index (χ0v) is 18.7. The number of anilines is 2. The van der Waals surface area contributed by atoms with Crippen LogP contribution in [0.15, 0.2) is 36.4 Å². The van der Waals surface area contributed by atoms with E-state index in [0.29, 0.717) is 28.4 Å². The Morgan fingerprint density at radius 2 is 2.03 bits per heavy atom. The third-order valence-corrected chi connectivity index (χ3v) is 5.89. The van der Waals surface area contributed by atoms with Crippen LogP contribution >= 0.6 is 0 Å². The Morgan fingerprint density at radius 1 is 1.22 bits per heavy atom. The first-order valence-electron chi connectivity index (χ1n) is 10.7. The van der Waals surface area contributed by atoms with Gasteiger partial charge in [-0.1, -0.05) is 12.1 Å². The third-order valence-electron chi connectivity index (χ3n) is 5.89. The molecule has 0 unspecified atom stereocenters. The number of fused-ring (bicyclic) bond motifs is 1. The molecule has 1 aliphatic heterocycles. The molecule has 0 bridgehead atoms. The molecule has 0 fully saturated rings. The smallest absolute Gasteiger partial charge is 0.187 e. The van der Waals surface area contributed by atoms with E-state index < -0.39 is 5.82 Å². The largest absolute Gasteiger partial charge is 0.496 e. The van der Waals surface area contributed by atoms with E-state index in [2.05, 4.69) is 46.4 Å². The van der Waals surface area contributed by atoms with Crippen LogP contribution < -0.4 is 10.1 Å². The molecule has 1 aromatic heterocycles. The van der Waals surface area contributed by atoms with E-state index in [1.165, 1.54) is 11.6 Å². The molecule has 0 aliphatic carbocycles. The van der Waals surface area contributed by atoms with Gasteiger partial charge in [-0.05, 0) is 56.5 Å². The van der Waals surface area contributed by atoms with Gasteiger partial charge in [-0.3, -0.25) is 4.90 Å². The fraction of sp³-hybridized carbons (Fsp3) is 0.320. The summed E-state index contributed by atoms with van der Waals surface area (Å²) in [6.07, 6.45) is 3.11. The van der Waals surface area contributed by atoms with E-state index >= 15 is 0 Å². The third kappa shape index (κ3) is 4.14. The average Bonchev–Trinajstić information content (AvgIpc) is 2.80. The second kappa shape index (κ2) is 8.93. The number of hydrogen-bond donors (Lipinski definition) is 1. The Labute approximate surface area is 187 Å². The minimum atomic E-state index is -0.392. The van der Waals surface area contributed by atoms with Crippen LogP contribution in [0.5, 0.6) is 5.75 Å². The molecule has 1 aliphatic rings. The lowest BCUT2D eigenvalue weighted by atomic mass is 9.95. The number of nitrogens with one attached hydrogen (secondary N) is 1. The molecule has 0 spiro atoms. The maximum absolute atomic E-state index is 14.5. The number of rotatable bonds is 5. The van der Waals surface area contributed by atoms with Crippen molar-refractivity contribution in [3.63, 3.8) is 0 Å². The van der Waals surface area contributed by atoms with Crippen molar-refractivity contribution < 1.29 is 9.13 Å². The predicted molar refractivity (Wildman–Crippen MR) is 125 cm³/mol. The first-order chi connectivity index (χ1) is 15.4. The topological polar surface area (TPSA) is 74.1 Å². The Kier molecular flexibility index (Phi) is 6.06. The Hall–Kier alpha value is -3.50. The maximum atomic E-state index is 14.5. The summed E-state index contributed by atoms with van der Waals surface area (Å²) in [5.74, 6) is 0.310. The van der Waals surface area contributed by atoms with E-state index in [4.69, 9.17) is 4.74 Å². The number of nitrogens with zero attached hydrogens (tertiary/aromatic N) is 4. The van der Waals surface area contributed by atoms with Crippen molar-refractivity contribution in [3.05, 3.63) is 59.0 Å². The van der Waals surface area contributed by atoms with Gasteiger partial charge in [0.2, 0.25) is 0 Å². The van der Waals surface area contributed by atoms with Gasteiger partial charge >= 0.3 is 0 Å². The number of aromatic nitrogens is 2. The molecule has 0 radical (unpaired) electrons. The van der Waals surface area contributed by atoms with Crippen LogP contribution in [0.25, 0.3) is 16.5 Å². The van der Waals surface area contributed by atoms with Crippen LogP contribution in [0.3, 0.4) is 0 Å². The van der Waals surface area contributed by atoms with Gasteiger partial charge in [-0.2, -0.15) is 5.26 Å². The van der Waals surface area contributed by atoms with E-state index in [0.717, 1.165) is 30.6 Å². The van der Waals surface area contributed by atoms with Gasteiger partial charge in [-0.15, -0.1) is 10.2 Å². The maximum Gasteiger partial charge on any atom is 0.187 e. The average molecular weight is 432 g/mol. The van der Waals surface area contributed by atoms with Crippen molar-refractivity contribution in [3.8, 4) is 11.8 Å². The minimum Gasteiger partial charge on any atom is -0.496 e. The number of nitriles is 1. The summed E-state index contributed by atoms with van der Waals surface area (Å²) in [6, 6.07) is 11.3. The van der Waals surface area contributed by atoms with Crippen molar-refractivity contribution in [2.45, 2.75) is 33.2 Å². The van der Waals surface area contributed by atoms with Crippen molar-refractivity contribution in [2.24, 2.45) is 0 Å². The standard InChI is InChI=1S/C25H26FN5O/c1-15(2)31-9-7-17(8-10-31)18-12-19-22(13-24(18)32-4)29-30-23(14-27)25(19)28-21-6-5-16(3)11-20(21)26/h5-7,11-13,15H,8-10H2,1-4H3,(H,28,29). The van der Waals surface area contributed by atoms with Crippen molar-refractivity contribution in [1.29, 1.82) is 5.26 Å². The molecule has 0 saturated heterocycles. The van der Waals surface area contributed by atoms with E-state index in [9.17, 15) is 9.65 Å². The highest BCUT2D eigenvalue weighted by Crippen LogP contribution is 2.37. The molecule has 0 saturated carbocycles. The van der Waals surface area contributed by atoms with E-state index in [1.54, 1.807) is 13.2 Å². The minimum absolute atomic E-state index is 0.109. The summed E-state index contributed by atoms with van der Waals surface area (Å²) in [6.45, 7) is 8.04. The molecule has 164 valence electrons. The molecule has 7 heteroatoms. The predicted octanol–water partition coefficient (Wildman–Crippen LogP) is 5.20. The van der Waals surface area contributed by atoms with Crippen molar-refractivity contribution in [1.82, 2.24) is 15.1 Å². The normalized spacial score (nSPS) is 14.3. The lowest BCUT2D eigenvalue weighted by molar-refractivity contribution is 0.245. The van der Waals surface area contributed by atoms with Crippen molar-refractivity contribution >= 4 is 27.9 Å². The highest BCUT2D eigenvalue weighted by molar-refractivity contribution is 5.98. The van der Waals surface area contributed by atoms with Crippen LogP contribution in [0.2, 0.25) is 0 Å². The summed E-state index contributed by atoms with van der Waals surface area (Å²) < 4.78 is 20.2. The van der Waals surface area contributed by atoms with Crippen molar-refractivity contribution in [2.75, 3.05) is 25.5 Å². The zero-order chi connectivity index (χ0) is 22.8. The van der Waals surface area contributed by atoms with E-state index in [1.807, 2.05) is 25.1 Å². The van der Waals surface area contributed by atoms with Gasteiger partial charge in [0.1, 0.15) is 17.6 Å². The quantitative estimate of drug-likeness (QED) is 0.599. The molecule has 1 N–H and O–H groups in total. The number of ether oxygens (including phenoxy) is 1. The lowest BCUT2D eigenvalue weighted by Crippen LogP contribution is -2.34. The SMILES string of the molecule is COc1cc2nnc(C#N)c(Nc3ccc(C)cc3F)c2cc1C1=CCN(C(C)C)CC1. The molecular formula is C25H26FN5O. The Morgan fingerprint density at radius 3 is 2.66 bits per heavy atom. The molecule has 2 aromatic carbocycles. The lowest BCUT2D eigenvalue weighted by Gasteiger charge is -2.30. The number of hydrogen-bond acceptors (Lipinski definition) is 6. The summed E-state index contributed by atoms with van der Waals surface area (Å²) in [4.78, 5) is 2.41. The van der Waals surface area contributed by atoms with Crippen LogP contribution in [0.1, 0.15) is 37.1 Å². The summed E-state index contributed by atoms with van der Waals surface area (Å²) in [5.41, 5.74) is 4.35. The fourth-order valence-electron chi connectivity index (χ4n) is 4.01. The molecule has 6 nitrogen and oxygen atoms in total. The molecule has 32 heavy (non-hydrogen) atoms. The van der Waals surface area contributed by atoms with Gasteiger partial charge < -0.3 is 10.1 Å². The summed E-state index contributed by atoms with van der Waals surface area (Å²) >= 11 is 0. The van der Waals surface area contributed by atoms with Crippen LogP contribution in [-0.4, -0.2) is 41.3 Å². The molecule has 0 amide bonds. The number of halogens is 1. The monoisotopic (exact) mass is 431 g/mol. The van der Waals surface area contributed by atoms with Crippen LogP contribution in [0, 0.1) is 24.1 Å². The first-order valence-corrected chi connectivity index (χ1v) is 10.7. The van der Waals surface area contributed by atoms with E-state index in [-0.39, 0.29) is 11.4 Å². The number of methoxy groups -OCH3 is 1. The van der Waals surface area contributed by atoms with Crippen LogP contribution in [-0.2, 0) is 0 Å². The number of aryl methyl sites for hydroxylation is 1. The Bertz CT molecular complexity index is 1250. The second-order valence-electron chi connectivity index (χ2n) is 8.28.